The van der Waals surface area contributed by atoms with Crippen LogP contribution in [0.2, 0.25) is 0 Å². The van der Waals surface area contributed by atoms with Crippen molar-refractivity contribution < 1.29 is 0 Å². The average Bonchev–Trinajstić information content (AvgIpc) is 3.35. The minimum absolute atomic E-state index is 0.496. The molecule has 9 heteroatoms. The van der Waals surface area contributed by atoms with Gasteiger partial charge in [-0.25, -0.2) is 9.98 Å². The zero-order valence-corrected chi connectivity index (χ0v) is 18.4. The summed E-state index contributed by atoms with van der Waals surface area (Å²) in [5.74, 6) is 2.57. The normalized spacial score (nSPS) is 18.0. The van der Waals surface area contributed by atoms with Gasteiger partial charge in [0.05, 0.1) is 17.2 Å². The zero-order valence-electron chi connectivity index (χ0n) is 17.6. The molecule has 154 valence electrons. The first-order chi connectivity index (χ1) is 13.5. The molecule has 1 unspecified atom stereocenters. The molecule has 3 rings (SSSR count). The third-order valence-electron chi connectivity index (χ3n) is 5.39. The Bertz CT molecular complexity index is 809. The van der Waals surface area contributed by atoms with Gasteiger partial charge < -0.3 is 15.2 Å². The summed E-state index contributed by atoms with van der Waals surface area (Å²) in [5.41, 5.74) is 1.09. The Morgan fingerprint density at radius 1 is 1.25 bits per heavy atom. The van der Waals surface area contributed by atoms with E-state index in [0.717, 1.165) is 47.9 Å². The lowest BCUT2D eigenvalue weighted by atomic mass is 10.2. The Morgan fingerprint density at radius 2 is 2.07 bits per heavy atom. The van der Waals surface area contributed by atoms with Gasteiger partial charge in [0.15, 0.2) is 11.8 Å². The molecule has 1 saturated heterocycles. The Kier molecular flexibility index (Phi) is 7.01. The van der Waals surface area contributed by atoms with E-state index in [9.17, 15) is 0 Å². The van der Waals surface area contributed by atoms with Crippen molar-refractivity contribution in [2.45, 2.75) is 59.7 Å². The van der Waals surface area contributed by atoms with Crippen LogP contribution in [0.3, 0.4) is 0 Å². The lowest BCUT2D eigenvalue weighted by molar-refractivity contribution is 0.267. The molecule has 28 heavy (non-hydrogen) atoms. The van der Waals surface area contributed by atoms with E-state index in [4.69, 9.17) is 4.99 Å². The smallest absolute Gasteiger partial charge is 0.192 e. The number of hydrogen-bond donors (Lipinski definition) is 2. The van der Waals surface area contributed by atoms with Crippen LogP contribution in [0.25, 0.3) is 0 Å². The summed E-state index contributed by atoms with van der Waals surface area (Å²) >= 11 is 1.73. The number of aryl methyl sites for hydroxylation is 3. The third-order valence-corrected chi connectivity index (χ3v) is 6.46. The quantitative estimate of drug-likeness (QED) is 0.542. The van der Waals surface area contributed by atoms with Gasteiger partial charge in [-0.1, -0.05) is 6.92 Å². The van der Waals surface area contributed by atoms with Crippen molar-refractivity contribution in [3.63, 3.8) is 0 Å². The highest BCUT2D eigenvalue weighted by atomic mass is 32.1. The third kappa shape index (κ3) is 5.08. The van der Waals surface area contributed by atoms with E-state index in [1.54, 1.807) is 11.3 Å². The van der Waals surface area contributed by atoms with Crippen molar-refractivity contribution in [3.05, 3.63) is 27.2 Å². The second-order valence-corrected chi connectivity index (χ2v) is 8.58. The Hall–Kier alpha value is -2.00. The van der Waals surface area contributed by atoms with Crippen LogP contribution in [-0.4, -0.2) is 56.3 Å². The Morgan fingerprint density at radius 3 is 2.71 bits per heavy atom. The van der Waals surface area contributed by atoms with Crippen molar-refractivity contribution in [1.29, 1.82) is 0 Å². The van der Waals surface area contributed by atoms with E-state index in [1.165, 1.54) is 24.3 Å². The molecule has 0 aliphatic carbocycles. The molecular weight excluding hydrogens is 372 g/mol. The predicted molar refractivity (Wildman–Crippen MR) is 114 cm³/mol. The van der Waals surface area contributed by atoms with Crippen LogP contribution in [0.15, 0.2) is 4.99 Å². The summed E-state index contributed by atoms with van der Waals surface area (Å²) in [6, 6.07) is 0.571. The fourth-order valence-electron chi connectivity index (χ4n) is 3.57. The number of aliphatic imine (C=N–C) groups is 1. The first-order valence-electron chi connectivity index (χ1n) is 10.0. The molecule has 0 bridgehead atoms. The van der Waals surface area contributed by atoms with E-state index >= 15 is 0 Å². The van der Waals surface area contributed by atoms with E-state index in [-0.39, 0.29) is 0 Å². The second-order valence-electron chi connectivity index (χ2n) is 7.29. The van der Waals surface area contributed by atoms with Gasteiger partial charge in [0.1, 0.15) is 12.4 Å². The van der Waals surface area contributed by atoms with Crippen LogP contribution in [0.5, 0.6) is 0 Å². The van der Waals surface area contributed by atoms with Crippen LogP contribution in [0, 0.1) is 20.8 Å². The van der Waals surface area contributed by atoms with Crippen LogP contribution >= 0.6 is 11.3 Å². The predicted octanol–water partition coefficient (Wildman–Crippen LogP) is 1.92. The van der Waals surface area contributed by atoms with Gasteiger partial charge in [-0.2, -0.15) is 0 Å². The van der Waals surface area contributed by atoms with E-state index in [2.05, 4.69) is 44.6 Å². The zero-order chi connectivity index (χ0) is 20.1. The Labute approximate surface area is 171 Å². The van der Waals surface area contributed by atoms with E-state index in [1.807, 2.05) is 25.5 Å². The van der Waals surface area contributed by atoms with Gasteiger partial charge >= 0.3 is 0 Å². The largest absolute Gasteiger partial charge is 0.355 e. The maximum atomic E-state index is 4.77. The summed E-state index contributed by atoms with van der Waals surface area (Å²) in [6.45, 7) is 12.7. The number of nitrogens with zero attached hydrogens (tertiary/aromatic N) is 6. The SMILES string of the molecule is CCN1CCCC1CNC(=NCc1nnc(C)n1C)NCc1sc(C)nc1C. The molecular formula is C19H32N8S. The number of guanidine groups is 1. The maximum absolute atomic E-state index is 4.77. The number of aromatic nitrogens is 4. The summed E-state index contributed by atoms with van der Waals surface area (Å²) in [4.78, 5) is 13.1. The van der Waals surface area contributed by atoms with Gasteiger partial charge in [-0.15, -0.1) is 21.5 Å². The highest BCUT2D eigenvalue weighted by molar-refractivity contribution is 7.11. The molecule has 1 fully saturated rings. The lowest BCUT2D eigenvalue weighted by Crippen LogP contribution is -2.44. The summed E-state index contributed by atoms with van der Waals surface area (Å²) in [6.07, 6.45) is 2.52. The summed E-state index contributed by atoms with van der Waals surface area (Å²) < 4.78 is 1.98. The number of likely N-dealkylation sites (tertiary alicyclic amines) is 1. The van der Waals surface area contributed by atoms with Gasteiger partial charge in [0, 0.05) is 24.5 Å². The molecule has 2 aromatic heterocycles. The van der Waals surface area contributed by atoms with Gasteiger partial charge in [0.2, 0.25) is 0 Å². The highest BCUT2D eigenvalue weighted by Gasteiger charge is 2.22. The summed E-state index contributed by atoms with van der Waals surface area (Å²) in [7, 11) is 1.97. The molecule has 1 aliphatic rings. The van der Waals surface area contributed by atoms with Crippen molar-refractivity contribution in [1.82, 2.24) is 35.3 Å². The number of nitrogens with one attached hydrogen (secondary N) is 2. The first kappa shape index (κ1) is 20.7. The molecule has 0 amide bonds. The van der Waals surface area contributed by atoms with E-state index < -0.39 is 0 Å². The minimum Gasteiger partial charge on any atom is -0.355 e. The second kappa shape index (κ2) is 9.47. The number of thiazole rings is 1. The molecule has 0 aromatic carbocycles. The fourth-order valence-corrected chi connectivity index (χ4v) is 4.45. The fraction of sp³-hybridized carbons (Fsp3) is 0.684. The van der Waals surface area contributed by atoms with Crippen molar-refractivity contribution in [2.75, 3.05) is 19.6 Å². The van der Waals surface area contributed by atoms with Crippen LogP contribution < -0.4 is 10.6 Å². The lowest BCUT2D eigenvalue weighted by Gasteiger charge is -2.24. The molecule has 0 radical (unpaired) electrons. The molecule has 0 spiro atoms. The first-order valence-corrected chi connectivity index (χ1v) is 10.8. The van der Waals surface area contributed by atoms with Crippen molar-refractivity contribution in [2.24, 2.45) is 12.0 Å². The van der Waals surface area contributed by atoms with Gasteiger partial charge in [-0.05, 0) is 46.7 Å². The van der Waals surface area contributed by atoms with Crippen molar-refractivity contribution in [3.8, 4) is 0 Å². The molecule has 8 nitrogen and oxygen atoms in total. The van der Waals surface area contributed by atoms with Gasteiger partial charge in [-0.3, -0.25) is 4.90 Å². The maximum Gasteiger partial charge on any atom is 0.192 e. The monoisotopic (exact) mass is 404 g/mol. The molecule has 2 aromatic rings. The van der Waals surface area contributed by atoms with E-state index in [0.29, 0.717) is 12.6 Å². The van der Waals surface area contributed by atoms with Gasteiger partial charge in [0.25, 0.3) is 0 Å². The van der Waals surface area contributed by atoms with Crippen molar-refractivity contribution >= 4 is 17.3 Å². The summed E-state index contributed by atoms with van der Waals surface area (Å²) in [5, 5.41) is 16.5. The molecule has 0 saturated carbocycles. The topological polar surface area (TPSA) is 83.3 Å². The van der Waals surface area contributed by atoms with Crippen LogP contribution in [0.4, 0.5) is 0 Å². The molecule has 2 N–H and O–H groups in total. The number of rotatable bonds is 7. The number of likely N-dealkylation sites (N-methyl/N-ethyl adjacent to an activating group) is 1. The highest BCUT2D eigenvalue weighted by Crippen LogP contribution is 2.17. The minimum atomic E-state index is 0.496. The van der Waals surface area contributed by atoms with Crippen LogP contribution in [-0.2, 0) is 20.1 Å². The van der Waals surface area contributed by atoms with Crippen LogP contribution in [0.1, 0.15) is 47.0 Å². The molecule has 1 atom stereocenters. The molecule has 1 aliphatic heterocycles. The Balaban J connectivity index is 1.66. The average molecular weight is 405 g/mol. The standard InChI is InChI=1S/C19H32N8S/c1-6-27-9-7-8-16(27)10-20-19(21-11-17-13(2)23-15(4)28-17)22-12-18-25-24-14(3)26(18)5/h16H,6-12H2,1-5H3,(H2,20,21,22). The molecule has 3 heterocycles. The number of hydrogen-bond acceptors (Lipinski definition) is 6.